The maximum absolute atomic E-state index is 13.9. The van der Waals surface area contributed by atoms with Gasteiger partial charge in [0.2, 0.25) is 11.6 Å². The van der Waals surface area contributed by atoms with E-state index in [1.165, 1.54) is 6.92 Å². The second-order valence-electron chi connectivity index (χ2n) is 9.36. The fraction of sp³-hybridized carbons (Fsp3) is 0.480. The van der Waals surface area contributed by atoms with Crippen LogP contribution in [0.1, 0.15) is 40.5 Å². The number of halogens is 2. The highest BCUT2D eigenvalue weighted by molar-refractivity contribution is 6.31. The van der Waals surface area contributed by atoms with Crippen molar-refractivity contribution in [1.29, 1.82) is 0 Å². The molecule has 8 nitrogen and oxygen atoms in total. The number of amides is 2. The Morgan fingerprint density at radius 1 is 1.29 bits per heavy atom. The third-order valence-electron chi connectivity index (χ3n) is 6.87. The van der Waals surface area contributed by atoms with Crippen LogP contribution >= 0.6 is 11.6 Å². The summed E-state index contributed by atoms with van der Waals surface area (Å²) in [7, 11) is 0. The molecule has 2 aliphatic heterocycles. The average molecular weight is 505 g/mol. The molecule has 3 heterocycles. The average Bonchev–Trinajstić information content (AvgIpc) is 3.35. The van der Waals surface area contributed by atoms with Crippen LogP contribution in [0, 0.1) is 30.8 Å². The number of aromatic nitrogens is 1. The van der Waals surface area contributed by atoms with Crippen molar-refractivity contribution in [3.63, 3.8) is 0 Å². The molecule has 4 rings (SSSR count). The summed E-state index contributed by atoms with van der Waals surface area (Å²) in [6.45, 7) is 9.13. The molecule has 0 radical (unpaired) electrons. The van der Waals surface area contributed by atoms with Crippen LogP contribution in [-0.4, -0.2) is 60.5 Å². The number of nitrogens with one attached hydrogen (secondary N) is 1. The van der Waals surface area contributed by atoms with Crippen LogP contribution < -0.4 is 10.0 Å². The normalized spacial score (nSPS) is 20.8. The highest BCUT2D eigenvalue weighted by Crippen LogP contribution is 2.28. The summed E-state index contributed by atoms with van der Waals surface area (Å²) in [5.74, 6) is -1.21. The number of hydrogen-bond acceptors (Lipinski definition) is 5. The van der Waals surface area contributed by atoms with Gasteiger partial charge < -0.3 is 20.2 Å². The van der Waals surface area contributed by atoms with Crippen molar-refractivity contribution < 1.29 is 23.4 Å². The van der Waals surface area contributed by atoms with E-state index in [1.54, 1.807) is 6.07 Å². The van der Waals surface area contributed by atoms with Gasteiger partial charge in [-0.1, -0.05) is 11.6 Å². The molecule has 1 N–H and O–H groups in total. The van der Waals surface area contributed by atoms with Crippen LogP contribution in [0.4, 0.5) is 10.1 Å². The summed E-state index contributed by atoms with van der Waals surface area (Å²) in [4.78, 5) is 29.8. The van der Waals surface area contributed by atoms with Crippen LogP contribution in [-0.2, 0) is 16.1 Å². The van der Waals surface area contributed by atoms with E-state index in [0.717, 1.165) is 42.9 Å². The van der Waals surface area contributed by atoms with Crippen LogP contribution in [0.2, 0.25) is 5.02 Å². The summed E-state index contributed by atoms with van der Waals surface area (Å²) in [5.41, 5.74) is 2.10. The van der Waals surface area contributed by atoms with Gasteiger partial charge in [0, 0.05) is 56.5 Å². The largest absolute Gasteiger partial charge is 0.618 e. The van der Waals surface area contributed by atoms with E-state index in [0.29, 0.717) is 41.7 Å². The number of rotatable bonds is 5. The van der Waals surface area contributed by atoms with E-state index in [1.807, 2.05) is 17.9 Å². The Labute approximate surface area is 209 Å². The van der Waals surface area contributed by atoms with E-state index in [-0.39, 0.29) is 29.1 Å². The van der Waals surface area contributed by atoms with E-state index in [2.05, 4.69) is 17.1 Å². The van der Waals surface area contributed by atoms with Crippen molar-refractivity contribution in [3.05, 3.63) is 62.8 Å². The van der Waals surface area contributed by atoms with Gasteiger partial charge in [-0.15, -0.1) is 0 Å². The maximum atomic E-state index is 13.9. The molecular formula is C25H30ClFN4O4. The second kappa shape index (κ2) is 10.5. The fourth-order valence-electron chi connectivity index (χ4n) is 4.66. The number of benzene rings is 1. The van der Waals surface area contributed by atoms with Crippen LogP contribution in [0.5, 0.6) is 0 Å². The molecule has 1 aromatic carbocycles. The highest BCUT2D eigenvalue weighted by atomic mass is 35.5. The Bertz CT molecular complexity index is 1120. The lowest BCUT2D eigenvalue weighted by atomic mass is 10.0. The summed E-state index contributed by atoms with van der Waals surface area (Å²) in [6, 6.07) is 4.61. The van der Waals surface area contributed by atoms with Gasteiger partial charge in [0.05, 0.1) is 12.5 Å². The first-order valence-electron chi connectivity index (χ1n) is 11.7. The number of carbonyl (C=O) groups excluding carboxylic acids is 2. The molecule has 2 aliphatic rings. The molecule has 2 atom stereocenters. The van der Waals surface area contributed by atoms with E-state index >= 15 is 0 Å². The molecule has 2 aromatic rings. The first-order valence-corrected chi connectivity index (χ1v) is 12.1. The number of ether oxygens (including phenoxy) is 1. The SMILES string of the molecule is Cc1c(CN2CCN(C(=O)[C@@H]3CCOC3)[C@@H](C)C2)cc(Cl)cc1NC(=O)c1cc(F)c(C)[n+]([O-])c1. The van der Waals surface area contributed by atoms with Crippen LogP contribution in [0.25, 0.3) is 0 Å². The Kier molecular flexibility index (Phi) is 7.59. The Balaban J connectivity index is 1.44. The minimum Gasteiger partial charge on any atom is -0.618 e. The first-order chi connectivity index (χ1) is 16.6. The third kappa shape index (κ3) is 5.58. The van der Waals surface area contributed by atoms with Gasteiger partial charge in [-0.3, -0.25) is 14.5 Å². The number of hydrogen-bond donors (Lipinski definition) is 1. The summed E-state index contributed by atoms with van der Waals surface area (Å²) < 4.78 is 19.7. The lowest BCUT2D eigenvalue weighted by molar-refractivity contribution is -0.614. The van der Waals surface area contributed by atoms with E-state index in [9.17, 15) is 19.2 Å². The molecule has 0 saturated carbocycles. The Hall–Kier alpha value is -2.75. The predicted octanol–water partition coefficient (Wildman–Crippen LogP) is 3.05. The monoisotopic (exact) mass is 504 g/mol. The summed E-state index contributed by atoms with van der Waals surface area (Å²) in [6.07, 6.45) is 1.83. The predicted molar refractivity (Wildman–Crippen MR) is 130 cm³/mol. The molecule has 2 saturated heterocycles. The van der Waals surface area contributed by atoms with Gasteiger partial charge in [0.15, 0.2) is 12.0 Å². The van der Waals surface area contributed by atoms with Gasteiger partial charge in [0.1, 0.15) is 5.56 Å². The molecule has 0 bridgehead atoms. The van der Waals surface area contributed by atoms with Crippen LogP contribution in [0.15, 0.2) is 24.4 Å². The first kappa shape index (κ1) is 25.3. The topological polar surface area (TPSA) is 88.8 Å². The minimum absolute atomic E-state index is 0.0385. The molecule has 0 unspecified atom stereocenters. The molecule has 35 heavy (non-hydrogen) atoms. The Morgan fingerprint density at radius 3 is 2.71 bits per heavy atom. The zero-order chi connectivity index (χ0) is 25.3. The number of pyridine rings is 1. The molecule has 2 fully saturated rings. The standard InChI is InChI=1S/C25H30ClFN4O4/c1-15-11-29(5-6-30(15)25(33)18-4-7-35-14-18)12-19-8-21(26)10-23(16(19)2)28-24(32)20-9-22(27)17(3)31(34)13-20/h8-10,13,15,18H,4-7,11-12,14H2,1-3H3,(H,28,32)/t15-,18+/m0/s1. The fourth-order valence-corrected chi connectivity index (χ4v) is 4.90. The molecule has 10 heteroatoms. The lowest BCUT2D eigenvalue weighted by Crippen LogP contribution is -2.55. The molecule has 2 amide bonds. The maximum Gasteiger partial charge on any atom is 0.261 e. The van der Waals surface area contributed by atoms with Crippen molar-refractivity contribution in [2.45, 2.75) is 39.8 Å². The molecule has 0 aliphatic carbocycles. The highest BCUT2D eigenvalue weighted by Gasteiger charge is 2.33. The van der Waals surface area contributed by atoms with Gasteiger partial charge in [-0.25, -0.2) is 0 Å². The van der Waals surface area contributed by atoms with Gasteiger partial charge in [-0.05, 0) is 49.6 Å². The summed E-state index contributed by atoms with van der Waals surface area (Å²) in [5, 5.41) is 15.0. The minimum atomic E-state index is -0.747. The van der Waals surface area contributed by atoms with Crippen molar-refractivity contribution in [3.8, 4) is 0 Å². The van der Waals surface area contributed by atoms with E-state index in [4.69, 9.17) is 16.3 Å². The Morgan fingerprint density at radius 2 is 2.06 bits per heavy atom. The molecular weight excluding hydrogens is 475 g/mol. The number of anilines is 1. The molecule has 188 valence electrons. The quantitative estimate of drug-likeness (QED) is 0.499. The van der Waals surface area contributed by atoms with Crippen molar-refractivity contribution >= 4 is 29.1 Å². The smallest absolute Gasteiger partial charge is 0.261 e. The van der Waals surface area contributed by atoms with Crippen molar-refractivity contribution in [1.82, 2.24) is 9.80 Å². The summed E-state index contributed by atoms with van der Waals surface area (Å²) >= 11 is 6.36. The molecule has 0 spiro atoms. The van der Waals surface area contributed by atoms with E-state index < -0.39 is 11.7 Å². The second-order valence-corrected chi connectivity index (χ2v) is 9.79. The number of piperazine rings is 1. The van der Waals surface area contributed by atoms with Crippen molar-refractivity contribution in [2.24, 2.45) is 5.92 Å². The van der Waals surface area contributed by atoms with Crippen LogP contribution in [0.3, 0.4) is 0 Å². The number of nitrogens with zero attached hydrogens (tertiary/aromatic N) is 3. The number of carbonyl (C=O) groups is 2. The zero-order valence-electron chi connectivity index (χ0n) is 20.1. The van der Waals surface area contributed by atoms with Gasteiger partial charge in [0.25, 0.3) is 5.91 Å². The lowest BCUT2D eigenvalue weighted by Gasteiger charge is -2.41. The molecule has 1 aromatic heterocycles. The van der Waals surface area contributed by atoms with Gasteiger partial charge >= 0.3 is 0 Å². The van der Waals surface area contributed by atoms with Crippen molar-refractivity contribution in [2.75, 3.05) is 38.2 Å². The third-order valence-corrected chi connectivity index (χ3v) is 7.09. The zero-order valence-corrected chi connectivity index (χ0v) is 20.9. The van der Waals surface area contributed by atoms with Gasteiger partial charge in [-0.2, -0.15) is 9.12 Å².